The van der Waals surface area contributed by atoms with Crippen molar-refractivity contribution >= 4 is 11.9 Å². The lowest BCUT2D eigenvalue weighted by Crippen LogP contribution is -2.36. The van der Waals surface area contributed by atoms with Crippen LogP contribution < -0.4 is 4.90 Å². The summed E-state index contributed by atoms with van der Waals surface area (Å²) in [6.07, 6.45) is 10.7. The van der Waals surface area contributed by atoms with Gasteiger partial charge in [0, 0.05) is 38.1 Å². The summed E-state index contributed by atoms with van der Waals surface area (Å²) in [5.74, 6) is 0.808. The minimum Gasteiger partial charge on any atom is -0.339 e. The summed E-state index contributed by atoms with van der Waals surface area (Å²) < 4.78 is 0. The third-order valence-corrected chi connectivity index (χ3v) is 5.89. The van der Waals surface area contributed by atoms with Gasteiger partial charge in [-0.2, -0.15) is 15.0 Å². The van der Waals surface area contributed by atoms with Crippen molar-refractivity contribution in [3.63, 3.8) is 0 Å². The van der Waals surface area contributed by atoms with E-state index in [0.717, 1.165) is 38.3 Å². The number of benzene rings is 1. The van der Waals surface area contributed by atoms with Gasteiger partial charge < -0.3 is 9.80 Å². The minimum absolute atomic E-state index is 0.0103. The fourth-order valence-corrected chi connectivity index (χ4v) is 4.28. The summed E-state index contributed by atoms with van der Waals surface area (Å²) >= 11 is 0. The Morgan fingerprint density at radius 2 is 1.73 bits per heavy atom. The van der Waals surface area contributed by atoms with E-state index in [-0.39, 0.29) is 5.91 Å². The summed E-state index contributed by atoms with van der Waals surface area (Å²) in [5, 5.41) is 8.38. The molecule has 30 heavy (non-hydrogen) atoms. The summed E-state index contributed by atoms with van der Waals surface area (Å²) in [4.78, 5) is 28.4. The molecule has 3 heterocycles. The fourth-order valence-electron chi connectivity index (χ4n) is 4.28. The minimum atomic E-state index is 0.0103. The van der Waals surface area contributed by atoms with Crippen LogP contribution in [0.4, 0.5) is 5.95 Å². The average molecular weight is 403 g/mol. The number of amides is 1. The van der Waals surface area contributed by atoms with Gasteiger partial charge >= 0.3 is 0 Å². The molecule has 1 fully saturated rings. The van der Waals surface area contributed by atoms with Crippen molar-refractivity contribution in [3.05, 3.63) is 59.7 Å². The Hall–Kier alpha value is -3.29. The van der Waals surface area contributed by atoms with Crippen LogP contribution in [0.25, 0.3) is 5.69 Å². The maximum atomic E-state index is 13.3. The van der Waals surface area contributed by atoms with E-state index in [2.05, 4.69) is 20.1 Å². The van der Waals surface area contributed by atoms with Crippen molar-refractivity contribution in [1.29, 1.82) is 0 Å². The van der Waals surface area contributed by atoms with E-state index in [1.54, 1.807) is 12.4 Å². The molecule has 5 rings (SSSR count). The molecular formula is C22H25N7O. The second kappa shape index (κ2) is 8.22. The Balaban J connectivity index is 1.32. The van der Waals surface area contributed by atoms with Crippen LogP contribution in [0.2, 0.25) is 0 Å². The Morgan fingerprint density at radius 3 is 2.63 bits per heavy atom. The largest absolute Gasteiger partial charge is 0.339 e. The molecule has 0 bridgehead atoms. The van der Waals surface area contributed by atoms with E-state index < -0.39 is 0 Å². The van der Waals surface area contributed by atoms with Gasteiger partial charge in [0.05, 0.1) is 23.6 Å². The van der Waals surface area contributed by atoms with Gasteiger partial charge in [0.15, 0.2) is 0 Å². The van der Waals surface area contributed by atoms with Crippen molar-refractivity contribution in [1.82, 2.24) is 29.9 Å². The van der Waals surface area contributed by atoms with Crippen LogP contribution in [0.1, 0.15) is 40.9 Å². The highest BCUT2D eigenvalue weighted by molar-refractivity contribution is 5.97. The lowest BCUT2D eigenvalue weighted by Gasteiger charge is -2.24. The number of anilines is 1. The van der Waals surface area contributed by atoms with Crippen LogP contribution in [0.3, 0.4) is 0 Å². The molecule has 8 heteroatoms. The van der Waals surface area contributed by atoms with Crippen molar-refractivity contribution in [2.45, 2.75) is 32.1 Å². The lowest BCUT2D eigenvalue weighted by molar-refractivity contribution is 0.0766. The van der Waals surface area contributed by atoms with Crippen molar-refractivity contribution in [3.8, 4) is 5.69 Å². The first-order chi connectivity index (χ1) is 14.8. The smallest absolute Gasteiger partial charge is 0.256 e. The van der Waals surface area contributed by atoms with Gasteiger partial charge in [0.2, 0.25) is 5.95 Å². The Bertz CT molecular complexity index is 1030. The molecule has 0 saturated carbocycles. The molecule has 1 aromatic carbocycles. The van der Waals surface area contributed by atoms with Crippen LogP contribution in [-0.2, 0) is 12.8 Å². The van der Waals surface area contributed by atoms with Crippen molar-refractivity contribution in [2.24, 2.45) is 0 Å². The molecule has 154 valence electrons. The zero-order valence-corrected chi connectivity index (χ0v) is 16.9. The normalized spacial score (nSPS) is 16.8. The van der Waals surface area contributed by atoms with Crippen molar-refractivity contribution < 1.29 is 4.79 Å². The van der Waals surface area contributed by atoms with Gasteiger partial charge in [-0.1, -0.05) is 12.1 Å². The van der Waals surface area contributed by atoms with E-state index in [9.17, 15) is 4.79 Å². The molecule has 3 aromatic rings. The molecule has 1 aliphatic heterocycles. The lowest BCUT2D eigenvalue weighted by atomic mass is 9.98. The molecule has 0 atom stereocenters. The first kappa shape index (κ1) is 18.7. The summed E-state index contributed by atoms with van der Waals surface area (Å²) in [6, 6.07) is 7.49. The number of rotatable bonds is 3. The standard InChI is InChI=1S/C22H25N7O/c30-21(18-7-2-4-9-20(18)29-24-10-11-25-29)27-12-5-13-28(15-14-27)22-23-16-17-6-1-3-8-19(17)26-22/h2,4,7,9-11,16H,1,3,5-6,8,12-15H2. The maximum absolute atomic E-state index is 13.3. The highest BCUT2D eigenvalue weighted by atomic mass is 16.2. The summed E-state index contributed by atoms with van der Waals surface area (Å²) in [5.41, 5.74) is 3.81. The molecule has 0 radical (unpaired) electrons. The van der Waals surface area contributed by atoms with Crippen LogP contribution in [0.5, 0.6) is 0 Å². The van der Waals surface area contributed by atoms with Crippen LogP contribution in [-0.4, -0.2) is 61.9 Å². The highest BCUT2D eigenvalue weighted by Crippen LogP contribution is 2.22. The first-order valence-electron chi connectivity index (χ1n) is 10.6. The molecule has 1 amide bonds. The van der Waals surface area contributed by atoms with E-state index in [1.807, 2.05) is 35.4 Å². The number of carbonyl (C=O) groups is 1. The average Bonchev–Trinajstić information content (AvgIpc) is 3.23. The molecule has 2 aliphatic rings. The molecule has 8 nitrogen and oxygen atoms in total. The number of nitrogens with zero attached hydrogens (tertiary/aromatic N) is 7. The van der Waals surface area contributed by atoms with E-state index in [0.29, 0.717) is 24.3 Å². The topological polar surface area (TPSA) is 80.0 Å². The third-order valence-electron chi connectivity index (χ3n) is 5.89. The maximum Gasteiger partial charge on any atom is 0.256 e. The summed E-state index contributed by atoms with van der Waals surface area (Å²) in [7, 11) is 0. The molecule has 0 N–H and O–H groups in total. The van der Waals surface area contributed by atoms with Gasteiger partial charge in [0.1, 0.15) is 0 Å². The molecule has 2 aromatic heterocycles. The van der Waals surface area contributed by atoms with Gasteiger partial charge in [-0.05, 0) is 49.8 Å². The fraction of sp³-hybridized carbons (Fsp3) is 0.409. The Labute approximate surface area is 175 Å². The summed E-state index contributed by atoms with van der Waals surface area (Å²) in [6.45, 7) is 2.93. The van der Waals surface area contributed by atoms with E-state index in [1.165, 1.54) is 28.9 Å². The zero-order valence-electron chi connectivity index (χ0n) is 16.9. The number of hydrogen-bond donors (Lipinski definition) is 0. The first-order valence-corrected chi connectivity index (χ1v) is 10.6. The van der Waals surface area contributed by atoms with E-state index in [4.69, 9.17) is 4.98 Å². The van der Waals surface area contributed by atoms with Crippen molar-refractivity contribution in [2.75, 3.05) is 31.1 Å². The number of fused-ring (bicyclic) bond motifs is 1. The SMILES string of the molecule is O=C(c1ccccc1-n1nccn1)N1CCCN(c2ncc3c(n2)CCCC3)CC1. The molecule has 0 spiro atoms. The number of hydrogen-bond acceptors (Lipinski definition) is 6. The quantitative estimate of drug-likeness (QED) is 0.668. The van der Waals surface area contributed by atoms with E-state index >= 15 is 0 Å². The van der Waals surface area contributed by atoms with Crippen LogP contribution in [0, 0.1) is 0 Å². The zero-order chi connectivity index (χ0) is 20.3. The number of aromatic nitrogens is 5. The molecular weight excluding hydrogens is 378 g/mol. The Morgan fingerprint density at radius 1 is 0.900 bits per heavy atom. The Kier molecular flexibility index (Phi) is 5.13. The number of carbonyl (C=O) groups excluding carboxylic acids is 1. The number of aryl methyl sites for hydroxylation is 2. The van der Waals surface area contributed by atoms with Gasteiger partial charge in [-0.25, -0.2) is 9.97 Å². The monoisotopic (exact) mass is 403 g/mol. The van der Waals surface area contributed by atoms with Gasteiger partial charge in [-0.3, -0.25) is 4.79 Å². The molecule has 1 saturated heterocycles. The third kappa shape index (κ3) is 3.65. The molecule has 1 aliphatic carbocycles. The van der Waals surface area contributed by atoms with Gasteiger partial charge in [-0.15, -0.1) is 0 Å². The van der Waals surface area contributed by atoms with Crippen LogP contribution in [0.15, 0.2) is 42.9 Å². The highest BCUT2D eigenvalue weighted by Gasteiger charge is 2.24. The predicted molar refractivity (Wildman–Crippen MR) is 113 cm³/mol. The second-order valence-corrected chi connectivity index (χ2v) is 7.82. The van der Waals surface area contributed by atoms with Crippen LogP contribution >= 0.6 is 0 Å². The van der Waals surface area contributed by atoms with Gasteiger partial charge in [0.25, 0.3) is 5.91 Å². The number of para-hydroxylation sites is 1. The molecule has 0 unspecified atom stereocenters. The predicted octanol–water partition coefficient (Wildman–Crippen LogP) is 2.29. The second-order valence-electron chi connectivity index (χ2n) is 7.82.